The molecule has 6 heteroatoms. The molecule has 2 rings (SSSR count). The first-order chi connectivity index (χ1) is 11.7. The summed E-state index contributed by atoms with van der Waals surface area (Å²) in [5, 5.41) is 5.53. The zero-order valence-corrected chi connectivity index (χ0v) is 14.0. The Morgan fingerprint density at radius 2 is 2.04 bits per heavy atom. The molecule has 0 unspecified atom stereocenters. The van der Waals surface area contributed by atoms with Crippen LogP contribution in [0.1, 0.15) is 18.1 Å². The van der Waals surface area contributed by atoms with Gasteiger partial charge >= 0.3 is 6.03 Å². The van der Waals surface area contributed by atoms with Crippen LogP contribution in [-0.2, 0) is 6.54 Å². The molecule has 0 aliphatic carbocycles. The van der Waals surface area contributed by atoms with Crippen molar-refractivity contribution in [1.29, 1.82) is 0 Å². The van der Waals surface area contributed by atoms with E-state index in [2.05, 4.69) is 15.6 Å². The molecule has 1 aromatic carbocycles. The Morgan fingerprint density at radius 1 is 1.17 bits per heavy atom. The molecule has 0 saturated carbocycles. The molecule has 0 atom stereocenters. The summed E-state index contributed by atoms with van der Waals surface area (Å²) in [6, 6.07) is 11.2. The van der Waals surface area contributed by atoms with Crippen LogP contribution in [0.25, 0.3) is 0 Å². The molecule has 0 saturated heterocycles. The van der Waals surface area contributed by atoms with E-state index in [9.17, 15) is 4.79 Å². The predicted molar refractivity (Wildman–Crippen MR) is 92.3 cm³/mol. The lowest BCUT2D eigenvalue weighted by Crippen LogP contribution is -2.37. The first kappa shape index (κ1) is 17.6. The molecule has 0 spiro atoms. The molecule has 0 bridgehead atoms. The smallest absolute Gasteiger partial charge is 0.315 e. The number of rotatable bonds is 8. The van der Waals surface area contributed by atoms with Crippen molar-refractivity contribution in [2.75, 3.05) is 19.8 Å². The molecule has 0 radical (unpaired) electrons. The van der Waals surface area contributed by atoms with Crippen molar-refractivity contribution in [3.05, 3.63) is 53.7 Å². The number of hydrogen-bond acceptors (Lipinski definition) is 4. The quantitative estimate of drug-likeness (QED) is 0.730. The van der Waals surface area contributed by atoms with Gasteiger partial charge in [0.15, 0.2) is 0 Å². The Bertz CT molecular complexity index is 661. The number of urea groups is 1. The van der Waals surface area contributed by atoms with Gasteiger partial charge < -0.3 is 20.1 Å². The molecule has 0 fully saturated rings. The Kier molecular flexibility index (Phi) is 6.89. The average molecular weight is 329 g/mol. The molecule has 2 aromatic rings. The maximum Gasteiger partial charge on any atom is 0.315 e. The van der Waals surface area contributed by atoms with Gasteiger partial charge in [-0.3, -0.25) is 0 Å². The van der Waals surface area contributed by atoms with Gasteiger partial charge in [0.1, 0.15) is 12.4 Å². The summed E-state index contributed by atoms with van der Waals surface area (Å²) in [6.45, 7) is 5.62. The number of nitrogens with zero attached hydrogens (tertiary/aromatic N) is 1. The van der Waals surface area contributed by atoms with Crippen LogP contribution in [-0.4, -0.2) is 30.8 Å². The van der Waals surface area contributed by atoms with Crippen molar-refractivity contribution >= 4 is 6.03 Å². The summed E-state index contributed by atoms with van der Waals surface area (Å²) in [7, 11) is 0. The Hall–Kier alpha value is -2.76. The summed E-state index contributed by atoms with van der Waals surface area (Å²) in [6.07, 6.45) is 1.66. The first-order valence-corrected chi connectivity index (χ1v) is 7.97. The fraction of sp³-hybridized carbons (Fsp3) is 0.333. The Balaban J connectivity index is 1.68. The molecule has 1 aromatic heterocycles. The van der Waals surface area contributed by atoms with Crippen LogP contribution in [0.2, 0.25) is 0 Å². The van der Waals surface area contributed by atoms with Gasteiger partial charge in [0.05, 0.1) is 13.2 Å². The van der Waals surface area contributed by atoms with Crippen molar-refractivity contribution in [3.63, 3.8) is 0 Å². The van der Waals surface area contributed by atoms with Crippen LogP contribution in [0.3, 0.4) is 0 Å². The standard InChI is InChI=1S/C18H23N3O3/c1-3-23-17-15(7-5-9-19-17)13-21-18(22)20-10-11-24-16-8-4-6-14(2)12-16/h4-9,12H,3,10-11,13H2,1-2H3,(H2,20,21,22). The van der Waals surface area contributed by atoms with Gasteiger partial charge in [-0.1, -0.05) is 18.2 Å². The molecular formula is C18H23N3O3. The van der Waals surface area contributed by atoms with Crippen LogP contribution in [0, 0.1) is 6.92 Å². The average Bonchev–Trinajstić information content (AvgIpc) is 2.58. The van der Waals surface area contributed by atoms with E-state index in [1.807, 2.05) is 50.2 Å². The minimum atomic E-state index is -0.255. The van der Waals surface area contributed by atoms with Gasteiger partial charge in [0, 0.05) is 18.3 Å². The molecule has 6 nitrogen and oxygen atoms in total. The van der Waals surface area contributed by atoms with E-state index in [0.29, 0.717) is 32.2 Å². The maximum absolute atomic E-state index is 11.8. The Morgan fingerprint density at radius 3 is 2.83 bits per heavy atom. The molecule has 1 heterocycles. The Labute approximate surface area is 142 Å². The van der Waals surface area contributed by atoms with E-state index in [1.165, 1.54) is 0 Å². The van der Waals surface area contributed by atoms with Gasteiger partial charge in [0.2, 0.25) is 5.88 Å². The molecule has 128 valence electrons. The second kappa shape index (κ2) is 9.39. The third kappa shape index (κ3) is 5.79. The van der Waals surface area contributed by atoms with Gasteiger partial charge in [-0.25, -0.2) is 9.78 Å². The van der Waals surface area contributed by atoms with Crippen LogP contribution in [0.5, 0.6) is 11.6 Å². The highest BCUT2D eigenvalue weighted by Gasteiger charge is 2.06. The van der Waals surface area contributed by atoms with E-state index < -0.39 is 0 Å². The SMILES string of the molecule is CCOc1ncccc1CNC(=O)NCCOc1cccc(C)c1. The van der Waals surface area contributed by atoms with E-state index in [-0.39, 0.29) is 6.03 Å². The summed E-state index contributed by atoms with van der Waals surface area (Å²) >= 11 is 0. The highest BCUT2D eigenvalue weighted by molar-refractivity contribution is 5.73. The fourth-order valence-electron chi connectivity index (χ4n) is 2.10. The lowest BCUT2D eigenvalue weighted by molar-refractivity contribution is 0.236. The highest BCUT2D eigenvalue weighted by atomic mass is 16.5. The van der Waals surface area contributed by atoms with Crippen LogP contribution in [0.15, 0.2) is 42.6 Å². The minimum absolute atomic E-state index is 0.255. The summed E-state index contributed by atoms with van der Waals surface area (Å²) in [5.41, 5.74) is 1.98. The molecule has 24 heavy (non-hydrogen) atoms. The van der Waals surface area contributed by atoms with Crippen molar-refractivity contribution in [2.45, 2.75) is 20.4 Å². The second-order valence-corrected chi connectivity index (χ2v) is 5.18. The van der Waals surface area contributed by atoms with Crippen molar-refractivity contribution < 1.29 is 14.3 Å². The number of ether oxygens (including phenoxy) is 2. The number of benzene rings is 1. The van der Waals surface area contributed by atoms with Crippen LogP contribution < -0.4 is 20.1 Å². The third-order valence-corrected chi connectivity index (χ3v) is 3.22. The largest absolute Gasteiger partial charge is 0.492 e. The number of carbonyl (C=O) groups is 1. The van der Waals surface area contributed by atoms with Gasteiger partial charge in [-0.05, 0) is 37.6 Å². The zero-order valence-electron chi connectivity index (χ0n) is 14.0. The van der Waals surface area contributed by atoms with Crippen LogP contribution >= 0.6 is 0 Å². The first-order valence-electron chi connectivity index (χ1n) is 7.97. The highest BCUT2D eigenvalue weighted by Crippen LogP contribution is 2.13. The van der Waals surface area contributed by atoms with Gasteiger partial charge in [-0.15, -0.1) is 0 Å². The predicted octanol–water partition coefficient (Wildman–Crippen LogP) is 2.67. The number of amides is 2. The number of nitrogens with one attached hydrogen (secondary N) is 2. The molecule has 0 aliphatic heterocycles. The normalized spacial score (nSPS) is 10.1. The third-order valence-electron chi connectivity index (χ3n) is 3.22. The fourth-order valence-corrected chi connectivity index (χ4v) is 2.10. The van der Waals surface area contributed by atoms with Crippen molar-refractivity contribution in [1.82, 2.24) is 15.6 Å². The monoisotopic (exact) mass is 329 g/mol. The van der Waals surface area contributed by atoms with E-state index >= 15 is 0 Å². The minimum Gasteiger partial charge on any atom is -0.492 e. The maximum atomic E-state index is 11.8. The van der Waals surface area contributed by atoms with Crippen molar-refractivity contribution in [2.24, 2.45) is 0 Å². The number of hydrogen-bond donors (Lipinski definition) is 2. The topological polar surface area (TPSA) is 72.5 Å². The number of aryl methyl sites for hydroxylation is 1. The van der Waals surface area contributed by atoms with E-state index in [1.54, 1.807) is 6.20 Å². The molecule has 2 N–H and O–H groups in total. The van der Waals surface area contributed by atoms with E-state index in [0.717, 1.165) is 16.9 Å². The zero-order chi connectivity index (χ0) is 17.2. The van der Waals surface area contributed by atoms with Gasteiger partial charge in [-0.2, -0.15) is 0 Å². The molecule has 2 amide bonds. The number of pyridine rings is 1. The van der Waals surface area contributed by atoms with E-state index in [4.69, 9.17) is 9.47 Å². The summed E-state index contributed by atoms with van der Waals surface area (Å²) < 4.78 is 11.0. The second-order valence-electron chi connectivity index (χ2n) is 5.18. The lowest BCUT2D eigenvalue weighted by atomic mass is 10.2. The molecule has 0 aliphatic rings. The van der Waals surface area contributed by atoms with Crippen LogP contribution in [0.4, 0.5) is 4.79 Å². The van der Waals surface area contributed by atoms with Gasteiger partial charge in [0.25, 0.3) is 0 Å². The molecular weight excluding hydrogens is 306 g/mol. The van der Waals surface area contributed by atoms with Crippen molar-refractivity contribution in [3.8, 4) is 11.6 Å². The summed E-state index contributed by atoms with van der Waals surface area (Å²) in [4.78, 5) is 16.0. The number of carbonyl (C=O) groups excluding carboxylic acids is 1. The summed E-state index contributed by atoms with van der Waals surface area (Å²) in [5.74, 6) is 1.34. The lowest BCUT2D eigenvalue weighted by Gasteiger charge is -2.11. The number of aromatic nitrogens is 1.